The maximum Gasteiger partial charge on any atom is 0.251 e. The second-order valence-electron chi connectivity index (χ2n) is 3.76. The first-order chi connectivity index (χ1) is 8.29. The van der Waals surface area contributed by atoms with E-state index in [4.69, 9.17) is 5.11 Å². The lowest BCUT2D eigenvalue weighted by Gasteiger charge is -2.04. The van der Waals surface area contributed by atoms with E-state index in [2.05, 4.69) is 10.3 Å². The Morgan fingerprint density at radius 3 is 2.53 bits per heavy atom. The largest absolute Gasteiger partial charge is 0.392 e. The third-order valence-corrected chi connectivity index (χ3v) is 2.51. The zero-order valence-electron chi connectivity index (χ0n) is 9.31. The van der Waals surface area contributed by atoms with Gasteiger partial charge >= 0.3 is 0 Å². The van der Waals surface area contributed by atoms with Gasteiger partial charge in [0.05, 0.1) is 6.61 Å². The summed E-state index contributed by atoms with van der Waals surface area (Å²) in [7, 11) is 0. The molecule has 4 nitrogen and oxygen atoms in total. The van der Waals surface area contributed by atoms with Crippen molar-refractivity contribution >= 4 is 5.91 Å². The third kappa shape index (κ3) is 2.95. The Morgan fingerprint density at radius 2 is 1.94 bits per heavy atom. The summed E-state index contributed by atoms with van der Waals surface area (Å²) in [5.74, 6) is -0.115. The maximum atomic E-state index is 11.8. The highest BCUT2D eigenvalue weighted by Crippen LogP contribution is 2.05. The number of aliphatic hydroxyl groups is 1. The first-order valence-corrected chi connectivity index (χ1v) is 5.39. The van der Waals surface area contributed by atoms with E-state index in [1.165, 1.54) is 0 Å². The van der Waals surface area contributed by atoms with E-state index in [9.17, 15) is 4.79 Å². The first-order valence-electron chi connectivity index (χ1n) is 5.39. The summed E-state index contributed by atoms with van der Waals surface area (Å²) < 4.78 is 0. The van der Waals surface area contributed by atoms with Crippen molar-refractivity contribution in [2.24, 2.45) is 0 Å². The van der Waals surface area contributed by atoms with Gasteiger partial charge in [-0.15, -0.1) is 0 Å². The molecule has 0 aliphatic rings. The van der Waals surface area contributed by atoms with Gasteiger partial charge in [0.2, 0.25) is 0 Å². The molecule has 0 atom stereocenters. The van der Waals surface area contributed by atoms with Crippen LogP contribution >= 0.6 is 0 Å². The molecular formula is C13H14N2O2. The van der Waals surface area contributed by atoms with Gasteiger partial charge in [0, 0.05) is 24.5 Å². The van der Waals surface area contributed by atoms with Crippen molar-refractivity contribution in [3.63, 3.8) is 0 Å². The molecule has 0 spiro atoms. The Hall–Kier alpha value is -2.07. The van der Waals surface area contributed by atoms with Crippen LogP contribution < -0.4 is 5.32 Å². The van der Waals surface area contributed by atoms with Gasteiger partial charge in [0.25, 0.3) is 5.91 Å². The summed E-state index contributed by atoms with van der Waals surface area (Å²) in [6.07, 6.45) is 3.66. The molecule has 1 amide bonds. The van der Waals surface area contributed by atoms with Crippen LogP contribution in [0.3, 0.4) is 0 Å². The minimum absolute atomic E-state index is 0.00868. The van der Waals surface area contributed by atoms with E-state index in [0.29, 0.717) is 12.1 Å². The molecule has 3 N–H and O–H groups in total. The number of H-pyrrole nitrogens is 1. The molecule has 88 valence electrons. The van der Waals surface area contributed by atoms with Gasteiger partial charge in [-0.1, -0.05) is 12.1 Å². The molecule has 0 aliphatic carbocycles. The van der Waals surface area contributed by atoms with Gasteiger partial charge < -0.3 is 15.4 Å². The monoisotopic (exact) mass is 230 g/mol. The quantitative estimate of drug-likeness (QED) is 0.744. The van der Waals surface area contributed by atoms with E-state index in [0.717, 1.165) is 11.1 Å². The van der Waals surface area contributed by atoms with Gasteiger partial charge in [0.15, 0.2) is 0 Å². The van der Waals surface area contributed by atoms with Gasteiger partial charge in [-0.25, -0.2) is 0 Å². The molecule has 0 radical (unpaired) electrons. The van der Waals surface area contributed by atoms with E-state index in [-0.39, 0.29) is 12.5 Å². The summed E-state index contributed by atoms with van der Waals surface area (Å²) >= 11 is 0. The maximum absolute atomic E-state index is 11.8. The smallest absolute Gasteiger partial charge is 0.251 e. The molecule has 0 bridgehead atoms. The Morgan fingerprint density at radius 1 is 1.18 bits per heavy atom. The van der Waals surface area contributed by atoms with Crippen LogP contribution in [-0.2, 0) is 13.2 Å². The van der Waals surface area contributed by atoms with Crippen molar-refractivity contribution < 1.29 is 9.90 Å². The van der Waals surface area contributed by atoms with Crippen molar-refractivity contribution in [3.05, 3.63) is 59.4 Å². The van der Waals surface area contributed by atoms with Crippen LogP contribution in [0, 0.1) is 0 Å². The summed E-state index contributed by atoms with van der Waals surface area (Å²) in [6, 6.07) is 8.81. The lowest BCUT2D eigenvalue weighted by atomic mass is 10.1. The molecule has 2 rings (SSSR count). The highest BCUT2D eigenvalue weighted by atomic mass is 16.3. The van der Waals surface area contributed by atoms with Crippen LogP contribution in [0.2, 0.25) is 0 Å². The zero-order chi connectivity index (χ0) is 12.1. The second kappa shape index (κ2) is 5.32. The number of hydrogen-bond donors (Lipinski definition) is 3. The van der Waals surface area contributed by atoms with Gasteiger partial charge in [-0.3, -0.25) is 4.79 Å². The van der Waals surface area contributed by atoms with Crippen LogP contribution in [0.4, 0.5) is 0 Å². The molecule has 1 heterocycles. The number of benzene rings is 1. The molecule has 2 aromatic rings. The minimum atomic E-state index is -0.115. The SMILES string of the molecule is O=C(NCc1cc[nH]c1)c1ccc(CO)cc1. The van der Waals surface area contributed by atoms with Crippen LogP contribution in [0.25, 0.3) is 0 Å². The summed E-state index contributed by atoms with van der Waals surface area (Å²) in [5.41, 5.74) is 2.43. The summed E-state index contributed by atoms with van der Waals surface area (Å²) in [6.45, 7) is 0.495. The number of aromatic nitrogens is 1. The Balaban J connectivity index is 1.95. The highest BCUT2D eigenvalue weighted by molar-refractivity contribution is 5.94. The molecule has 0 aliphatic heterocycles. The van der Waals surface area contributed by atoms with Crippen LogP contribution in [0.1, 0.15) is 21.5 Å². The average Bonchev–Trinajstić information content (AvgIpc) is 2.89. The molecule has 1 aromatic heterocycles. The normalized spacial score (nSPS) is 10.2. The highest BCUT2D eigenvalue weighted by Gasteiger charge is 2.04. The van der Waals surface area contributed by atoms with Gasteiger partial charge in [-0.05, 0) is 29.3 Å². The zero-order valence-corrected chi connectivity index (χ0v) is 9.31. The number of hydrogen-bond acceptors (Lipinski definition) is 2. The van der Waals surface area contributed by atoms with Crippen molar-refractivity contribution in [1.29, 1.82) is 0 Å². The van der Waals surface area contributed by atoms with E-state index in [1.807, 2.05) is 18.5 Å². The number of amides is 1. The average molecular weight is 230 g/mol. The fraction of sp³-hybridized carbons (Fsp3) is 0.154. The van der Waals surface area contributed by atoms with Crippen molar-refractivity contribution in [2.45, 2.75) is 13.2 Å². The molecule has 0 saturated carbocycles. The van der Waals surface area contributed by atoms with E-state index in [1.54, 1.807) is 24.3 Å². The number of carbonyl (C=O) groups is 1. The number of carbonyl (C=O) groups excluding carboxylic acids is 1. The standard InChI is InChI=1S/C13H14N2O2/c16-9-10-1-3-12(4-2-10)13(17)15-8-11-5-6-14-7-11/h1-7,14,16H,8-9H2,(H,15,17). The molecular weight excluding hydrogens is 216 g/mol. The van der Waals surface area contributed by atoms with Crippen LogP contribution in [0.5, 0.6) is 0 Å². The molecule has 17 heavy (non-hydrogen) atoms. The summed E-state index contributed by atoms with van der Waals surface area (Å²) in [5, 5.41) is 11.7. The topological polar surface area (TPSA) is 65.1 Å². The van der Waals surface area contributed by atoms with Gasteiger partial charge in [0.1, 0.15) is 0 Å². The molecule has 4 heteroatoms. The van der Waals surface area contributed by atoms with Crippen molar-refractivity contribution in [1.82, 2.24) is 10.3 Å². The molecule has 1 aromatic carbocycles. The summed E-state index contributed by atoms with van der Waals surface area (Å²) in [4.78, 5) is 14.7. The Kier molecular flexibility index (Phi) is 3.57. The lowest BCUT2D eigenvalue weighted by molar-refractivity contribution is 0.0951. The first kappa shape index (κ1) is 11.4. The molecule has 0 saturated heterocycles. The third-order valence-electron chi connectivity index (χ3n) is 2.51. The Labute approximate surface area is 99.3 Å². The van der Waals surface area contributed by atoms with Crippen LogP contribution in [-0.4, -0.2) is 16.0 Å². The minimum Gasteiger partial charge on any atom is -0.392 e. The molecule has 0 fully saturated rings. The molecule has 0 unspecified atom stereocenters. The number of nitrogens with one attached hydrogen (secondary N) is 2. The van der Waals surface area contributed by atoms with E-state index < -0.39 is 0 Å². The van der Waals surface area contributed by atoms with Crippen molar-refractivity contribution in [3.8, 4) is 0 Å². The fourth-order valence-electron chi connectivity index (χ4n) is 1.51. The number of rotatable bonds is 4. The predicted octanol–water partition coefficient (Wildman–Crippen LogP) is 1.44. The van der Waals surface area contributed by atoms with Crippen LogP contribution in [0.15, 0.2) is 42.7 Å². The predicted molar refractivity (Wildman–Crippen MR) is 64.3 cm³/mol. The van der Waals surface area contributed by atoms with Crippen molar-refractivity contribution in [2.75, 3.05) is 0 Å². The van der Waals surface area contributed by atoms with Gasteiger partial charge in [-0.2, -0.15) is 0 Å². The fourth-order valence-corrected chi connectivity index (χ4v) is 1.51. The number of aliphatic hydroxyl groups excluding tert-OH is 1. The lowest BCUT2D eigenvalue weighted by Crippen LogP contribution is -2.22. The van der Waals surface area contributed by atoms with E-state index >= 15 is 0 Å². The second-order valence-corrected chi connectivity index (χ2v) is 3.76. The number of aromatic amines is 1. The Bertz CT molecular complexity index is 475.